The van der Waals surface area contributed by atoms with Gasteiger partial charge in [0.1, 0.15) is 16.5 Å². The van der Waals surface area contributed by atoms with Gasteiger partial charge in [-0.3, -0.25) is 9.59 Å². The van der Waals surface area contributed by atoms with E-state index in [1.165, 1.54) is 29.5 Å². The molecule has 3 rings (SSSR count). The van der Waals surface area contributed by atoms with Gasteiger partial charge in [0.2, 0.25) is 0 Å². The predicted molar refractivity (Wildman–Crippen MR) is 101 cm³/mol. The Morgan fingerprint density at radius 1 is 1.22 bits per heavy atom. The van der Waals surface area contributed by atoms with Gasteiger partial charge in [-0.1, -0.05) is 35.9 Å². The van der Waals surface area contributed by atoms with Gasteiger partial charge in [-0.25, -0.2) is 9.37 Å². The smallest absolute Gasteiger partial charge is 0.305 e. The van der Waals surface area contributed by atoms with Crippen LogP contribution < -0.4 is 5.32 Å². The van der Waals surface area contributed by atoms with E-state index in [-0.39, 0.29) is 12.1 Å². The molecule has 1 heterocycles. The molecule has 0 radical (unpaired) electrons. The molecule has 1 atom stereocenters. The summed E-state index contributed by atoms with van der Waals surface area (Å²) < 4.78 is 13.5. The number of halogens is 2. The summed E-state index contributed by atoms with van der Waals surface area (Å²) in [6, 6.07) is 11.7. The van der Waals surface area contributed by atoms with Crippen LogP contribution in [0.2, 0.25) is 5.02 Å². The first-order chi connectivity index (χ1) is 12.9. The van der Waals surface area contributed by atoms with Gasteiger partial charge in [0, 0.05) is 16.0 Å². The zero-order valence-electron chi connectivity index (χ0n) is 13.9. The third-order valence-electron chi connectivity index (χ3n) is 3.76. The molecular weight excluding hydrogens is 391 g/mol. The van der Waals surface area contributed by atoms with Crippen molar-refractivity contribution in [2.45, 2.75) is 12.5 Å². The van der Waals surface area contributed by atoms with E-state index < -0.39 is 23.7 Å². The number of carboxylic acid groups (broad SMARTS) is 1. The van der Waals surface area contributed by atoms with Crippen molar-refractivity contribution >= 4 is 34.8 Å². The number of thiazole rings is 1. The topological polar surface area (TPSA) is 79.3 Å². The molecule has 0 saturated heterocycles. The fourth-order valence-corrected chi connectivity index (χ4v) is 3.42. The second-order valence-corrected chi connectivity index (χ2v) is 7.02. The van der Waals surface area contributed by atoms with Crippen LogP contribution in [0.15, 0.2) is 53.9 Å². The van der Waals surface area contributed by atoms with Crippen LogP contribution in [0, 0.1) is 5.82 Å². The Labute approximate surface area is 163 Å². The zero-order valence-corrected chi connectivity index (χ0v) is 15.4. The molecule has 8 heteroatoms. The average molecular weight is 405 g/mol. The molecule has 1 aromatic heterocycles. The zero-order chi connectivity index (χ0) is 19.4. The molecule has 2 aromatic carbocycles. The van der Waals surface area contributed by atoms with Crippen LogP contribution in [-0.4, -0.2) is 22.0 Å². The minimum Gasteiger partial charge on any atom is -0.481 e. The van der Waals surface area contributed by atoms with Gasteiger partial charge < -0.3 is 10.4 Å². The van der Waals surface area contributed by atoms with Gasteiger partial charge in [0.15, 0.2) is 0 Å². The standard InChI is InChI=1S/C19H14ClFN2O3S/c20-13-6-4-11(5-7-13)19-23-16(10-27-19)18(26)22-15(9-17(24)25)12-2-1-3-14(21)8-12/h1-8,10,15H,9H2,(H,22,26)(H,24,25). The van der Waals surface area contributed by atoms with Crippen LogP contribution in [0.25, 0.3) is 10.6 Å². The Balaban J connectivity index is 1.79. The fourth-order valence-electron chi connectivity index (χ4n) is 2.49. The first-order valence-corrected chi connectivity index (χ1v) is 9.18. The van der Waals surface area contributed by atoms with Crippen molar-refractivity contribution in [1.29, 1.82) is 0 Å². The third-order valence-corrected chi connectivity index (χ3v) is 4.91. The molecule has 1 amide bonds. The normalized spacial score (nSPS) is 11.8. The van der Waals surface area contributed by atoms with Crippen molar-refractivity contribution in [1.82, 2.24) is 10.3 Å². The van der Waals surface area contributed by atoms with Crippen LogP contribution in [-0.2, 0) is 4.79 Å². The van der Waals surface area contributed by atoms with Gasteiger partial charge in [-0.2, -0.15) is 0 Å². The first kappa shape index (κ1) is 19.0. The first-order valence-electron chi connectivity index (χ1n) is 7.92. The summed E-state index contributed by atoms with van der Waals surface area (Å²) in [6.45, 7) is 0. The summed E-state index contributed by atoms with van der Waals surface area (Å²) in [6.07, 6.45) is -0.372. The highest BCUT2D eigenvalue weighted by Gasteiger charge is 2.21. The number of amides is 1. The summed E-state index contributed by atoms with van der Waals surface area (Å²) in [4.78, 5) is 27.9. The summed E-state index contributed by atoms with van der Waals surface area (Å²) in [5.41, 5.74) is 1.35. The Morgan fingerprint density at radius 3 is 2.63 bits per heavy atom. The number of benzene rings is 2. The summed E-state index contributed by atoms with van der Waals surface area (Å²) in [5, 5.41) is 14.5. The van der Waals surface area contributed by atoms with Crippen LogP contribution in [0.1, 0.15) is 28.5 Å². The maximum Gasteiger partial charge on any atom is 0.305 e. The van der Waals surface area contributed by atoms with E-state index in [0.29, 0.717) is 15.6 Å². The average Bonchev–Trinajstić information content (AvgIpc) is 3.11. The van der Waals surface area contributed by atoms with E-state index >= 15 is 0 Å². The van der Waals surface area contributed by atoms with E-state index in [2.05, 4.69) is 10.3 Å². The molecule has 3 aromatic rings. The highest BCUT2D eigenvalue weighted by Crippen LogP contribution is 2.26. The number of hydrogen-bond acceptors (Lipinski definition) is 4. The SMILES string of the molecule is O=C(O)CC(NC(=O)c1csc(-c2ccc(Cl)cc2)n1)c1cccc(F)c1. The van der Waals surface area contributed by atoms with Gasteiger partial charge in [0.25, 0.3) is 5.91 Å². The number of aliphatic carboxylic acids is 1. The molecule has 0 aliphatic rings. The van der Waals surface area contributed by atoms with E-state index in [1.807, 2.05) is 0 Å². The second-order valence-electron chi connectivity index (χ2n) is 5.72. The van der Waals surface area contributed by atoms with E-state index in [1.54, 1.807) is 35.7 Å². The van der Waals surface area contributed by atoms with Gasteiger partial charge >= 0.3 is 5.97 Å². The molecule has 0 bridgehead atoms. The molecule has 0 spiro atoms. The Morgan fingerprint density at radius 2 is 1.96 bits per heavy atom. The largest absolute Gasteiger partial charge is 0.481 e. The minimum absolute atomic E-state index is 0.164. The van der Waals surface area contributed by atoms with Gasteiger partial charge in [-0.15, -0.1) is 11.3 Å². The summed E-state index contributed by atoms with van der Waals surface area (Å²) >= 11 is 7.15. The van der Waals surface area contributed by atoms with Crippen molar-refractivity contribution < 1.29 is 19.1 Å². The third kappa shape index (κ3) is 4.90. The molecular formula is C19H14ClFN2O3S. The van der Waals surface area contributed by atoms with Gasteiger partial charge in [-0.05, 0) is 29.8 Å². The Hall–Kier alpha value is -2.77. The molecule has 0 aliphatic heterocycles. The maximum atomic E-state index is 13.5. The highest BCUT2D eigenvalue weighted by molar-refractivity contribution is 7.13. The monoisotopic (exact) mass is 404 g/mol. The van der Waals surface area contributed by atoms with Crippen molar-refractivity contribution in [3.05, 3.63) is 76.0 Å². The highest BCUT2D eigenvalue weighted by atomic mass is 35.5. The molecule has 5 nitrogen and oxygen atoms in total. The van der Waals surface area contributed by atoms with Crippen molar-refractivity contribution in [3.8, 4) is 10.6 Å². The lowest BCUT2D eigenvalue weighted by atomic mass is 10.0. The number of nitrogens with one attached hydrogen (secondary N) is 1. The van der Waals surface area contributed by atoms with E-state index in [9.17, 15) is 14.0 Å². The van der Waals surface area contributed by atoms with Crippen molar-refractivity contribution in [2.75, 3.05) is 0 Å². The van der Waals surface area contributed by atoms with E-state index in [4.69, 9.17) is 16.7 Å². The quantitative estimate of drug-likeness (QED) is 0.631. The molecule has 0 aliphatic carbocycles. The summed E-state index contributed by atoms with van der Waals surface area (Å²) in [5.74, 6) is -2.14. The van der Waals surface area contributed by atoms with Crippen LogP contribution >= 0.6 is 22.9 Å². The number of hydrogen-bond donors (Lipinski definition) is 2. The Bertz CT molecular complexity index is 975. The van der Waals surface area contributed by atoms with Crippen molar-refractivity contribution in [3.63, 3.8) is 0 Å². The molecule has 1 unspecified atom stereocenters. The molecule has 138 valence electrons. The molecule has 0 fully saturated rings. The fraction of sp³-hybridized carbons (Fsp3) is 0.105. The minimum atomic E-state index is -1.11. The van der Waals surface area contributed by atoms with E-state index in [0.717, 1.165) is 5.56 Å². The van der Waals surface area contributed by atoms with Crippen LogP contribution in [0.5, 0.6) is 0 Å². The number of nitrogens with zero attached hydrogens (tertiary/aromatic N) is 1. The van der Waals surface area contributed by atoms with Crippen LogP contribution in [0.4, 0.5) is 4.39 Å². The summed E-state index contributed by atoms with van der Waals surface area (Å²) in [7, 11) is 0. The lowest BCUT2D eigenvalue weighted by Gasteiger charge is -2.16. The second kappa shape index (κ2) is 8.28. The van der Waals surface area contributed by atoms with Crippen molar-refractivity contribution in [2.24, 2.45) is 0 Å². The van der Waals surface area contributed by atoms with Crippen LogP contribution in [0.3, 0.4) is 0 Å². The Kier molecular flexibility index (Phi) is 5.83. The lowest BCUT2D eigenvalue weighted by Crippen LogP contribution is -2.30. The molecule has 2 N–H and O–H groups in total. The molecule has 0 saturated carbocycles. The number of aromatic nitrogens is 1. The number of carbonyl (C=O) groups excluding carboxylic acids is 1. The number of carbonyl (C=O) groups is 2. The lowest BCUT2D eigenvalue weighted by molar-refractivity contribution is -0.137. The molecule has 27 heavy (non-hydrogen) atoms. The van der Waals surface area contributed by atoms with Gasteiger partial charge in [0.05, 0.1) is 12.5 Å². The number of rotatable bonds is 6. The predicted octanol–water partition coefficient (Wildman–Crippen LogP) is 4.55. The maximum absolute atomic E-state index is 13.5. The number of carboxylic acids is 1.